The first-order chi connectivity index (χ1) is 15.9. The zero-order valence-electron chi connectivity index (χ0n) is 18.5. The maximum Gasteiger partial charge on any atom is 0.329 e. The number of methoxy groups -OCH3 is 1. The molecule has 8 heteroatoms. The van der Waals surface area contributed by atoms with Gasteiger partial charge >= 0.3 is 11.8 Å². The van der Waals surface area contributed by atoms with E-state index < -0.39 is 11.8 Å². The van der Waals surface area contributed by atoms with Gasteiger partial charge in [0.15, 0.2) is 11.5 Å². The number of amides is 2. The average molecular weight is 449 g/mol. The van der Waals surface area contributed by atoms with E-state index in [1.54, 1.807) is 42.5 Å². The van der Waals surface area contributed by atoms with Gasteiger partial charge in [0.25, 0.3) is 0 Å². The van der Waals surface area contributed by atoms with Gasteiger partial charge in [0, 0.05) is 11.3 Å². The van der Waals surface area contributed by atoms with Gasteiger partial charge in [-0.1, -0.05) is 30.3 Å². The molecule has 0 saturated carbocycles. The molecule has 0 aliphatic heterocycles. The molecule has 0 atom stereocenters. The Morgan fingerprint density at radius 1 is 1.00 bits per heavy atom. The average Bonchev–Trinajstić information content (AvgIpc) is 2.81. The van der Waals surface area contributed by atoms with Gasteiger partial charge in [0.2, 0.25) is 0 Å². The molecule has 0 unspecified atom stereocenters. The number of ether oxygens (including phenoxy) is 2. The summed E-state index contributed by atoms with van der Waals surface area (Å²) in [5.74, 6) is -1.24. The lowest BCUT2D eigenvalue weighted by molar-refractivity contribution is -0.136. The van der Waals surface area contributed by atoms with Crippen LogP contribution in [0.15, 0.2) is 65.8 Å². The fraction of sp³-hybridized carbons (Fsp3) is 0.160. The highest BCUT2D eigenvalue weighted by Crippen LogP contribution is 2.28. The molecule has 0 saturated heterocycles. The molecule has 0 spiro atoms. The number of carbonyl (C=O) groups excluding carboxylic acids is 2. The molecule has 0 aromatic heterocycles. The van der Waals surface area contributed by atoms with E-state index in [-0.39, 0.29) is 12.4 Å². The fourth-order valence-electron chi connectivity index (χ4n) is 2.92. The summed E-state index contributed by atoms with van der Waals surface area (Å²) in [5.41, 5.74) is 5.59. The van der Waals surface area contributed by atoms with Gasteiger partial charge in [-0.2, -0.15) is 5.10 Å². The molecule has 0 radical (unpaired) electrons. The molecule has 2 N–H and O–H groups in total. The summed E-state index contributed by atoms with van der Waals surface area (Å²) >= 11 is 0. The van der Waals surface area contributed by atoms with E-state index >= 15 is 0 Å². The van der Waals surface area contributed by atoms with Crippen LogP contribution in [-0.2, 0) is 16.2 Å². The highest BCUT2D eigenvalue weighted by atomic mass is 19.1. The topological polar surface area (TPSA) is 89.0 Å². The molecule has 0 aliphatic rings. The molecule has 3 aromatic carbocycles. The first-order valence-electron chi connectivity index (χ1n) is 10.1. The summed E-state index contributed by atoms with van der Waals surface area (Å²) in [6, 6.07) is 16.9. The van der Waals surface area contributed by atoms with Crippen LogP contribution in [0.5, 0.6) is 11.5 Å². The second kappa shape index (κ2) is 10.9. The third-order valence-electron chi connectivity index (χ3n) is 4.76. The first-order valence-corrected chi connectivity index (χ1v) is 10.1. The second-order valence-electron chi connectivity index (χ2n) is 7.26. The Kier molecular flexibility index (Phi) is 7.75. The third kappa shape index (κ3) is 6.39. The van der Waals surface area contributed by atoms with E-state index in [1.165, 1.54) is 19.4 Å². The maximum absolute atomic E-state index is 13.8. The number of halogens is 1. The number of aryl methyl sites for hydroxylation is 2. The summed E-state index contributed by atoms with van der Waals surface area (Å²) < 4.78 is 24.8. The number of carbonyl (C=O) groups is 2. The number of hydrazone groups is 1. The van der Waals surface area contributed by atoms with Crippen molar-refractivity contribution >= 4 is 23.7 Å². The summed E-state index contributed by atoms with van der Waals surface area (Å²) in [6.07, 6.45) is 1.37. The summed E-state index contributed by atoms with van der Waals surface area (Å²) in [5, 5.41) is 6.39. The molecule has 7 nitrogen and oxygen atoms in total. The number of rotatable bonds is 7. The number of benzene rings is 3. The largest absolute Gasteiger partial charge is 0.493 e. The minimum absolute atomic E-state index is 0.0437. The summed E-state index contributed by atoms with van der Waals surface area (Å²) in [7, 11) is 1.48. The fourth-order valence-corrected chi connectivity index (χ4v) is 2.92. The van der Waals surface area contributed by atoms with E-state index in [0.29, 0.717) is 28.3 Å². The van der Waals surface area contributed by atoms with E-state index in [0.717, 1.165) is 11.1 Å². The van der Waals surface area contributed by atoms with Crippen molar-refractivity contribution in [1.82, 2.24) is 5.43 Å². The molecule has 3 aromatic rings. The predicted molar refractivity (Wildman–Crippen MR) is 124 cm³/mol. The van der Waals surface area contributed by atoms with Gasteiger partial charge in [0.1, 0.15) is 12.4 Å². The SMILES string of the molecule is COc1cc(/C=N/NC(=O)C(=O)Nc2cc(C)ccc2C)ccc1OCc1ccccc1F. The summed E-state index contributed by atoms with van der Waals surface area (Å²) in [6.45, 7) is 3.77. The number of hydrogen-bond acceptors (Lipinski definition) is 5. The van der Waals surface area contributed by atoms with Gasteiger partial charge in [-0.3, -0.25) is 9.59 Å². The Hall–Kier alpha value is -4.20. The highest BCUT2D eigenvalue weighted by molar-refractivity contribution is 6.39. The van der Waals surface area contributed by atoms with Crippen molar-refractivity contribution in [3.05, 3.63) is 88.7 Å². The first kappa shape index (κ1) is 23.5. The lowest BCUT2D eigenvalue weighted by Crippen LogP contribution is -2.32. The second-order valence-corrected chi connectivity index (χ2v) is 7.26. The predicted octanol–water partition coefficient (Wildman–Crippen LogP) is 4.12. The number of anilines is 1. The Balaban J connectivity index is 1.59. The van der Waals surface area contributed by atoms with E-state index in [1.807, 2.05) is 26.0 Å². The highest BCUT2D eigenvalue weighted by Gasteiger charge is 2.14. The lowest BCUT2D eigenvalue weighted by atomic mass is 10.1. The Morgan fingerprint density at radius 2 is 1.79 bits per heavy atom. The van der Waals surface area contributed by atoms with Crippen LogP contribution in [0.1, 0.15) is 22.3 Å². The molecule has 0 heterocycles. The van der Waals surface area contributed by atoms with Crippen LogP contribution in [0.2, 0.25) is 0 Å². The van der Waals surface area contributed by atoms with E-state index in [9.17, 15) is 14.0 Å². The number of nitrogens with one attached hydrogen (secondary N) is 2. The quantitative estimate of drug-likeness (QED) is 0.323. The molecule has 33 heavy (non-hydrogen) atoms. The molecule has 170 valence electrons. The van der Waals surface area contributed by atoms with Gasteiger partial charge in [-0.15, -0.1) is 0 Å². The maximum atomic E-state index is 13.8. The number of hydrogen-bond donors (Lipinski definition) is 2. The van der Waals surface area contributed by atoms with Gasteiger partial charge < -0.3 is 14.8 Å². The van der Waals surface area contributed by atoms with Crippen molar-refractivity contribution in [3.63, 3.8) is 0 Å². The van der Waals surface area contributed by atoms with Gasteiger partial charge in [0.05, 0.1) is 13.3 Å². The van der Waals surface area contributed by atoms with Crippen LogP contribution in [0.25, 0.3) is 0 Å². The zero-order chi connectivity index (χ0) is 23.8. The smallest absolute Gasteiger partial charge is 0.329 e. The van der Waals surface area contributed by atoms with Crippen LogP contribution in [0, 0.1) is 19.7 Å². The molecule has 2 amide bonds. The standard InChI is InChI=1S/C25H24FN3O4/c1-16-8-9-17(2)21(12-16)28-24(30)25(31)29-27-14-18-10-11-22(23(13-18)32-3)33-15-19-6-4-5-7-20(19)26/h4-14H,15H2,1-3H3,(H,28,30)(H,29,31)/b27-14+. The van der Waals surface area contributed by atoms with Crippen molar-refractivity contribution in [2.45, 2.75) is 20.5 Å². The van der Waals surface area contributed by atoms with Gasteiger partial charge in [-0.05, 0) is 60.9 Å². The van der Waals surface area contributed by atoms with Crippen LogP contribution in [-0.4, -0.2) is 25.1 Å². The van der Waals surface area contributed by atoms with Crippen LogP contribution in [0.4, 0.5) is 10.1 Å². The normalized spacial score (nSPS) is 10.7. The van der Waals surface area contributed by atoms with Crippen molar-refractivity contribution in [2.75, 3.05) is 12.4 Å². The minimum Gasteiger partial charge on any atom is -0.493 e. The van der Waals surface area contributed by atoms with Crippen molar-refractivity contribution in [3.8, 4) is 11.5 Å². The molecular weight excluding hydrogens is 425 g/mol. The van der Waals surface area contributed by atoms with Crippen LogP contribution >= 0.6 is 0 Å². The molecule has 0 aliphatic carbocycles. The third-order valence-corrected chi connectivity index (χ3v) is 4.76. The van der Waals surface area contributed by atoms with E-state index in [4.69, 9.17) is 9.47 Å². The van der Waals surface area contributed by atoms with Crippen molar-refractivity contribution < 1.29 is 23.5 Å². The zero-order valence-corrected chi connectivity index (χ0v) is 18.5. The van der Waals surface area contributed by atoms with Crippen molar-refractivity contribution in [1.29, 1.82) is 0 Å². The minimum atomic E-state index is -0.899. The number of nitrogens with zero attached hydrogens (tertiary/aromatic N) is 1. The monoisotopic (exact) mass is 449 g/mol. The van der Waals surface area contributed by atoms with Crippen LogP contribution in [0.3, 0.4) is 0 Å². The van der Waals surface area contributed by atoms with Crippen LogP contribution < -0.4 is 20.2 Å². The Morgan fingerprint density at radius 3 is 2.55 bits per heavy atom. The molecule has 3 rings (SSSR count). The molecular formula is C25H24FN3O4. The molecule has 0 bridgehead atoms. The molecule has 0 fully saturated rings. The van der Waals surface area contributed by atoms with Gasteiger partial charge in [-0.25, -0.2) is 9.82 Å². The van der Waals surface area contributed by atoms with Crippen molar-refractivity contribution in [2.24, 2.45) is 5.10 Å². The summed E-state index contributed by atoms with van der Waals surface area (Å²) in [4.78, 5) is 24.2. The lowest BCUT2D eigenvalue weighted by Gasteiger charge is -2.11. The Labute approximate surface area is 191 Å². The Bertz CT molecular complexity index is 1190. The van der Waals surface area contributed by atoms with E-state index in [2.05, 4.69) is 15.8 Å².